The molecule has 0 amide bonds. The second kappa shape index (κ2) is 5.90. The molecule has 2 aliphatic carbocycles. The van der Waals surface area contributed by atoms with Gasteiger partial charge in [-0.25, -0.2) is 0 Å². The minimum Gasteiger partial charge on any atom is -0.469 e. The molecule has 1 N–H and O–H groups in total. The lowest BCUT2D eigenvalue weighted by Gasteiger charge is -2.55. The fourth-order valence-electron chi connectivity index (χ4n) is 4.25. The Morgan fingerprint density at radius 3 is 2.90 bits per heavy atom. The number of furan rings is 1. The van der Waals surface area contributed by atoms with E-state index >= 15 is 0 Å². The van der Waals surface area contributed by atoms with Gasteiger partial charge in [-0.2, -0.15) is 0 Å². The first-order valence-electron chi connectivity index (χ1n) is 8.14. The van der Waals surface area contributed by atoms with Crippen molar-refractivity contribution in [3.63, 3.8) is 0 Å². The molecule has 0 aromatic carbocycles. The maximum atomic E-state index is 5.97. The van der Waals surface area contributed by atoms with Crippen molar-refractivity contribution in [1.82, 2.24) is 5.32 Å². The number of hydrogen-bond donors (Lipinski definition) is 1. The second-order valence-corrected chi connectivity index (χ2v) is 6.52. The Hall–Kier alpha value is -0.800. The van der Waals surface area contributed by atoms with Gasteiger partial charge in [0.15, 0.2) is 0 Å². The van der Waals surface area contributed by atoms with Gasteiger partial charge in [0.05, 0.1) is 12.4 Å². The third-order valence-electron chi connectivity index (χ3n) is 5.26. The van der Waals surface area contributed by atoms with E-state index in [0.717, 1.165) is 18.8 Å². The predicted molar refractivity (Wildman–Crippen MR) is 79.7 cm³/mol. The fraction of sp³-hybridized carbons (Fsp3) is 0.765. The van der Waals surface area contributed by atoms with Crippen molar-refractivity contribution in [3.8, 4) is 0 Å². The van der Waals surface area contributed by atoms with E-state index in [1.165, 1.54) is 32.1 Å². The van der Waals surface area contributed by atoms with Crippen molar-refractivity contribution in [2.24, 2.45) is 5.41 Å². The lowest BCUT2D eigenvalue weighted by Crippen LogP contribution is -2.64. The van der Waals surface area contributed by atoms with Crippen molar-refractivity contribution in [2.75, 3.05) is 6.61 Å². The van der Waals surface area contributed by atoms with Gasteiger partial charge in [0.1, 0.15) is 5.76 Å². The van der Waals surface area contributed by atoms with Crippen LogP contribution in [0, 0.1) is 5.41 Å². The van der Waals surface area contributed by atoms with Crippen molar-refractivity contribution in [3.05, 3.63) is 24.2 Å². The van der Waals surface area contributed by atoms with Gasteiger partial charge in [-0.15, -0.1) is 0 Å². The summed E-state index contributed by atoms with van der Waals surface area (Å²) >= 11 is 0. The maximum Gasteiger partial charge on any atom is 0.105 e. The molecule has 20 heavy (non-hydrogen) atoms. The van der Waals surface area contributed by atoms with Crippen LogP contribution in [0.3, 0.4) is 0 Å². The van der Waals surface area contributed by atoms with Crippen molar-refractivity contribution in [1.29, 1.82) is 0 Å². The van der Waals surface area contributed by atoms with E-state index in [0.29, 0.717) is 23.6 Å². The molecular weight excluding hydrogens is 250 g/mol. The molecule has 1 aromatic heterocycles. The lowest BCUT2D eigenvalue weighted by molar-refractivity contribution is -0.132. The topological polar surface area (TPSA) is 34.4 Å². The molecule has 0 bridgehead atoms. The first-order valence-corrected chi connectivity index (χ1v) is 8.14. The number of nitrogens with one attached hydrogen (secondary N) is 1. The Bertz CT molecular complexity index is 409. The van der Waals surface area contributed by atoms with Gasteiger partial charge in [-0.1, -0.05) is 12.8 Å². The molecule has 2 aliphatic rings. The molecule has 0 radical (unpaired) electrons. The Morgan fingerprint density at radius 2 is 2.25 bits per heavy atom. The molecule has 3 unspecified atom stereocenters. The molecule has 3 rings (SSSR count). The maximum absolute atomic E-state index is 5.97. The van der Waals surface area contributed by atoms with Crippen molar-refractivity contribution < 1.29 is 9.15 Å². The highest BCUT2D eigenvalue weighted by molar-refractivity contribution is 5.11. The van der Waals surface area contributed by atoms with Crippen LogP contribution in [0.2, 0.25) is 0 Å². The highest BCUT2D eigenvalue weighted by Gasteiger charge is 2.56. The third kappa shape index (κ3) is 2.53. The Morgan fingerprint density at radius 1 is 1.45 bits per heavy atom. The van der Waals surface area contributed by atoms with E-state index in [9.17, 15) is 0 Å². The number of ether oxygens (including phenoxy) is 1. The summed E-state index contributed by atoms with van der Waals surface area (Å²) in [4.78, 5) is 0. The van der Waals surface area contributed by atoms with Gasteiger partial charge in [0.2, 0.25) is 0 Å². The molecule has 3 nitrogen and oxygen atoms in total. The molecule has 1 spiro atoms. The van der Waals surface area contributed by atoms with Crippen LogP contribution in [0.1, 0.15) is 51.7 Å². The summed E-state index contributed by atoms with van der Waals surface area (Å²) in [5.41, 5.74) is 0.424. The molecule has 0 aliphatic heterocycles. The highest BCUT2D eigenvalue weighted by Crippen LogP contribution is 2.54. The molecule has 0 saturated heterocycles. The average molecular weight is 277 g/mol. The summed E-state index contributed by atoms with van der Waals surface area (Å²) in [5.74, 6) is 1.08. The Kier molecular flexibility index (Phi) is 4.18. The van der Waals surface area contributed by atoms with Gasteiger partial charge in [0.25, 0.3) is 0 Å². The number of rotatable bonds is 6. The van der Waals surface area contributed by atoms with Gasteiger partial charge in [-0.05, 0) is 45.2 Å². The fourth-order valence-corrected chi connectivity index (χ4v) is 4.25. The summed E-state index contributed by atoms with van der Waals surface area (Å²) in [6.45, 7) is 5.23. The van der Waals surface area contributed by atoms with E-state index in [1.54, 1.807) is 6.26 Å². The molecule has 1 heterocycles. The summed E-state index contributed by atoms with van der Waals surface area (Å²) in [6.07, 6.45) is 9.81. The van der Waals surface area contributed by atoms with E-state index in [2.05, 4.69) is 25.2 Å². The SMILES string of the molecule is CCOC1CC(NC(C)Cc2ccco2)C12CCCC2. The summed E-state index contributed by atoms with van der Waals surface area (Å²) in [5, 5.41) is 3.84. The van der Waals surface area contributed by atoms with Gasteiger partial charge in [-0.3, -0.25) is 0 Å². The van der Waals surface area contributed by atoms with Gasteiger partial charge < -0.3 is 14.5 Å². The molecule has 1 aromatic rings. The van der Waals surface area contributed by atoms with Crippen LogP contribution in [0.15, 0.2) is 22.8 Å². The smallest absolute Gasteiger partial charge is 0.105 e. The normalized spacial score (nSPS) is 29.5. The van der Waals surface area contributed by atoms with Crippen molar-refractivity contribution >= 4 is 0 Å². The number of hydrogen-bond acceptors (Lipinski definition) is 3. The largest absolute Gasteiger partial charge is 0.469 e. The van der Waals surface area contributed by atoms with E-state index < -0.39 is 0 Å². The molecule has 3 heteroatoms. The average Bonchev–Trinajstić information content (AvgIpc) is 3.09. The van der Waals surface area contributed by atoms with E-state index in [1.807, 2.05) is 6.07 Å². The zero-order valence-corrected chi connectivity index (χ0v) is 12.7. The monoisotopic (exact) mass is 277 g/mol. The van der Waals surface area contributed by atoms with Crippen LogP contribution in [0.4, 0.5) is 0 Å². The predicted octanol–water partition coefficient (Wildman–Crippen LogP) is 3.54. The summed E-state index contributed by atoms with van der Waals surface area (Å²) < 4.78 is 11.4. The van der Waals surface area contributed by atoms with Crippen LogP contribution >= 0.6 is 0 Å². The van der Waals surface area contributed by atoms with Crippen LogP contribution in [0.25, 0.3) is 0 Å². The van der Waals surface area contributed by atoms with Crippen LogP contribution in [-0.2, 0) is 11.2 Å². The van der Waals surface area contributed by atoms with E-state index in [-0.39, 0.29) is 0 Å². The molecule has 3 atom stereocenters. The summed E-state index contributed by atoms with van der Waals surface area (Å²) in [6, 6.07) is 5.13. The first kappa shape index (κ1) is 14.2. The minimum absolute atomic E-state index is 0.424. The standard InChI is InChI=1S/C17H27NO2/c1-3-19-16-12-15(17(16)8-4-5-9-17)18-13(2)11-14-7-6-10-20-14/h6-7,10,13,15-16,18H,3-5,8-9,11-12H2,1-2H3. The molecule has 2 saturated carbocycles. The Balaban J connectivity index is 1.57. The molecule has 2 fully saturated rings. The van der Waals surface area contributed by atoms with Gasteiger partial charge >= 0.3 is 0 Å². The van der Waals surface area contributed by atoms with Crippen LogP contribution in [0.5, 0.6) is 0 Å². The van der Waals surface area contributed by atoms with Crippen LogP contribution < -0.4 is 5.32 Å². The minimum atomic E-state index is 0.424. The quantitative estimate of drug-likeness (QED) is 0.863. The van der Waals surface area contributed by atoms with Gasteiger partial charge in [0, 0.05) is 30.5 Å². The van der Waals surface area contributed by atoms with E-state index in [4.69, 9.17) is 9.15 Å². The highest BCUT2D eigenvalue weighted by atomic mass is 16.5. The summed E-state index contributed by atoms with van der Waals surface area (Å²) in [7, 11) is 0. The molecular formula is C17H27NO2. The van der Waals surface area contributed by atoms with Crippen LogP contribution in [-0.4, -0.2) is 24.8 Å². The molecule has 112 valence electrons. The zero-order valence-electron chi connectivity index (χ0n) is 12.7. The third-order valence-corrected chi connectivity index (χ3v) is 5.26. The van der Waals surface area contributed by atoms with Crippen molar-refractivity contribution in [2.45, 2.75) is 70.6 Å². The second-order valence-electron chi connectivity index (χ2n) is 6.52. The zero-order chi connectivity index (χ0) is 14.0. The Labute approximate surface area is 122 Å². The first-order chi connectivity index (χ1) is 9.74. The lowest BCUT2D eigenvalue weighted by atomic mass is 9.60.